The molecule has 2 aromatic rings. The van der Waals surface area contributed by atoms with E-state index in [1.165, 1.54) is 22.3 Å². The molecule has 1 N–H and O–H groups in total. The highest BCUT2D eigenvalue weighted by Gasteiger charge is 2.11. The number of hydrogen-bond acceptors (Lipinski definition) is 3. The molecule has 0 fully saturated rings. The fourth-order valence-corrected chi connectivity index (χ4v) is 2.30. The van der Waals surface area contributed by atoms with Crippen molar-refractivity contribution in [2.45, 2.75) is 19.8 Å². The monoisotopic (exact) mass is 240 g/mol. The summed E-state index contributed by atoms with van der Waals surface area (Å²) in [4.78, 5) is 4.30. The van der Waals surface area contributed by atoms with E-state index in [1.807, 2.05) is 19.4 Å². The molecule has 0 aliphatic carbocycles. The maximum atomic E-state index is 5.44. The van der Waals surface area contributed by atoms with E-state index >= 15 is 0 Å². The molecule has 0 atom stereocenters. The predicted molar refractivity (Wildman–Crippen MR) is 70.9 cm³/mol. The van der Waals surface area contributed by atoms with E-state index in [0.717, 1.165) is 25.3 Å². The van der Waals surface area contributed by atoms with Crippen molar-refractivity contribution in [3.05, 3.63) is 53.3 Å². The van der Waals surface area contributed by atoms with E-state index < -0.39 is 0 Å². The maximum absolute atomic E-state index is 5.44. The van der Waals surface area contributed by atoms with Crippen LogP contribution in [-0.2, 0) is 24.5 Å². The number of fused-ring (bicyclic) bond motifs is 1. The fourth-order valence-electron chi connectivity index (χ4n) is 2.30. The average Bonchev–Trinajstić information content (AvgIpc) is 2.86. The third kappa shape index (κ3) is 2.15. The molecule has 1 aromatic heterocycles. The topological polar surface area (TPSA) is 34.2 Å². The molecule has 3 heteroatoms. The lowest BCUT2D eigenvalue weighted by atomic mass is 10.0. The molecular formula is C15H16N2O. The minimum absolute atomic E-state index is 0.729. The number of nitrogens with zero attached hydrogens (tertiary/aromatic N) is 1. The molecular weight excluding hydrogens is 224 g/mol. The van der Waals surface area contributed by atoms with Crippen molar-refractivity contribution in [1.82, 2.24) is 10.3 Å². The normalized spacial score (nSPS) is 13.6. The van der Waals surface area contributed by atoms with E-state index in [1.54, 1.807) is 0 Å². The summed E-state index contributed by atoms with van der Waals surface area (Å²) in [6, 6.07) is 8.69. The van der Waals surface area contributed by atoms with Crippen molar-refractivity contribution < 1.29 is 4.74 Å². The molecule has 2 heterocycles. The summed E-state index contributed by atoms with van der Waals surface area (Å²) in [6.07, 6.45) is 3.81. The van der Waals surface area contributed by atoms with Crippen molar-refractivity contribution in [3.63, 3.8) is 0 Å². The lowest BCUT2D eigenvalue weighted by Gasteiger charge is -2.06. The first kappa shape index (κ1) is 11.4. The van der Waals surface area contributed by atoms with Crippen LogP contribution in [0.5, 0.6) is 0 Å². The molecule has 0 unspecified atom stereocenters. The Labute approximate surface area is 107 Å². The highest BCUT2D eigenvalue weighted by molar-refractivity contribution is 5.64. The van der Waals surface area contributed by atoms with Gasteiger partial charge in [-0.3, -0.25) is 4.98 Å². The van der Waals surface area contributed by atoms with Gasteiger partial charge in [-0.15, -0.1) is 0 Å². The first-order chi connectivity index (χ1) is 8.86. The summed E-state index contributed by atoms with van der Waals surface area (Å²) in [6.45, 7) is 2.31. The molecule has 0 saturated heterocycles. The molecule has 0 saturated carbocycles. The van der Waals surface area contributed by atoms with Crippen LogP contribution in [0.1, 0.15) is 16.7 Å². The largest absolute Gasteiger partial charge is 0.372 e. The van der Waals surface area contributed by atoms with Crippen LogP contribution in [0.4, 0.5) is 0 Å². The lowest BCUT2D eigenvalue weighted by Crippen LogP contribution is -2.05. The second-order valence-corrected chi connectivity index (χ2v) is 4.59. The van der Waals surface area contributed by atoms with Gasteiger partial charge in [0.2, 0.25) is 0 Å². The average molecular weight is 240 g/mol. The van der Waals surface area contributed by atoms with Crippen LogP contribution in [0.15, 0.2) is 36.7 Å². The molecule has 3 rings (SSSR count). The second-order valence-electron chi connectivity index (χ2n) is 4.59. The van der Waals surface area contributed by atoms with Gasteiger partial charge in [0.1, 0.15) is 0 Å². The number of aromatic nitrogens is 1. The van der Waals surface area contributed by atoms with Crippen LogP contribution in [0.25, 0.3) is 11.1 Å². The number of ether oxygens (including phenoxy) is 1. The Morgan fingerprint density at radius 2 is 2.00 bits per heavy atom. The molecule has 1 aromatic carbocycles. The zero-order chi connectivity index (χ0) is 12.4. The summed E-state index contributed by atoms with van der Waals surface area (Å²) in [5.74, 6) is 0. The Balaban J connectivity index is 1.96. The quantitative estimate of drug-likeness (QED) is 0.895. The Morgan fingerprint density at radius 1 is 1.11 bits per heavy atom. The van der Waals surface area contributed by atoms with Crippen molar-refractivity contribution in [2.24, 2.45) is 0 Å². The van der Waals surface area contributed by atoms with E-state index in [-0.39, 0.29) is 0 Å². The van der Waals surface area contributed by atoms with Crippen molar-refractivity contribution in [3.8, 4) is 11.1 Å². The van der Waals surface area contributed by atoms with Crippen molar-refractivity contribution in [2.75, 3.05) is 7.05 Å². The number of rotatable bonds is 3. The zero-order valence-corrected chi connectivity index (χ0v) is 10.4. The van der Waals surface area contributed by atoms with E-state index in [0.29, 0.717) is 0 Å². The van der Waals surface area contributed by atoms with Gasteiger partial charge in [0.25, 0.3) is 0 Å². The van der Waals surface area contributed by atoms with Gasteiger partial charge in [0.05, 0.1) is 13.2 Å². The summed E-state index contributed by atoms with van der Waals surface area (Å²) in [5.41, 5.74) is 6.18. The minimum Gasteiger partial charge on any atom is -0.372 e. The summed E-state index contributed by atoms with van der Waals surface area (Å²) < 4.78 is 5.44. The van der Waals surface area contributed by atoms with Crippen molar-refractivity contribution >= 4 is 0 Å². The first-order valence-electron chi connectivity index (χ1n) is 6.15. The Kier molecular flexibility index (Phi) is 3.09. The molecule has 3 nitrogen and oxygen atoms in total. The van der Waals surface area contributed by atoms with Crippen LogP contribution < -0.4 is 5.32 Å². The Hall–Kier alpha value is -1.71. The van der Waals surface area contributed by atoms with Crippen LogP contribution in [0.3, 0.4) is 0 Å². The lowest BCUT2D eigenvalue weighted by molar-refractivity contribution is 0.134. The minimum atomic E-state index is 0.729. The number of benzene rings is 1. The number of pyridine rings is 1. The van der Waals surface area contributed by atoms with Gasteiger partial charge in [-0.05, 0) is 41.4 Å². The fraction of sp³-hybridized carbons (Fsp3) is 0.267. The molecule has 18 heavy (non-hydrogen) atoms. The van der Waals surface area contributed by atoms with Gasteiger partial charge in [-0.25, -0.2) is 0 Å². The number of nitrogens with one attached hydrogen (secondary N) is 1. The molecule has 0 radical (unpaired) electrons. The van der Waals surface area contributed by atoms with Gasteiger partial charge in [-0.1, -0.05) is 12.1 Å². The summed E-state index contributed by atoms with van der Waals surface area (Å²) in [5, 5.41) is 3.14. The Morgan fingerprint density at radius 3 is 2.89 bits per heavy atom. The standard InChI is InChI=1S/C15H16N2O/c1-16-6-11-4-14(8-17-7-11)12-2-3-13-9-18-10-15(13)5-12/h2-5,7-8,16H,6,9-10H2,1H3. The summed E-state index contributed by atoms with van der Waals surface area (Å²) >= 11 is 0. The molecule has 0 spiro atoms. The van der Waals surface area contributed by atoms with Gasteiger partial charge in [0.15, 0.2) is 0 Å². The summed E-state index contributed by atoms with van der Waals surface area (Å²) in [7, 11) is 1.94. The molecule has 0 amide bonds. The zero-order valence-electron chi connectivity index (χ0n) is 10.4. The highest BCUT2D eigenvalue weighted by atomic mass is 16.5. The van der Waals surface area contributed by atoms with E-state index in [4.69, 9.17) is 4.74 Å². The SMILES string of the molecule is CNCc1cncc(-c2ccc3c(c2)COC3)c1. The van der Waals surface area contributed by atoms with Crippen molar-refractivity contribution in [1.29, 1.82) is 0 Å². The van der Waals surface area contributed by atoms with Gasteiger partial charge in [0, 0.05) is 24.5 Å². The van der Waals surface area contributed by atoms with Crippen LogP contribution >= 0.6 is 0 Å². The highest BCUT2D eigenvalue weighted by Crippen LogP contribution is 2.26. The third-order valence-corrected chi connectivity index (χ3v) is 3.23. The van der Waals surface area contributed by atoms with E-state index in [9.17, 15) is 0 Å². The van der Waals surface area contributed by atoms with Crippen LogP contribution in [-0.4, -0.2) is 12.0 Å². The van der Waals surface area contributed by atoms with Gasteiger partial charge >= 0.3 is 0 Å². The second kappa shape index (κ2) is 4.88. The Bertz CT molecular complexity index is 566. The van der Waals surface area contributed by atoms with Gasteiger partial charge < -0.3 is 10.1 Å². The smallest absolute Gasteiger partial charge is 0.0725 e. The number of hydrogen-bond donors (Lipinski definition) is 1. The third-order valence-electron chi connectivity index (χ3n) is 3.23. The predicted octanol–water partition coefficient (Wildman–Crippen LogP) is 2.50. The van der Waals surface area contributed by atoms with E-state index in [2.05, 4.69) is 34.6 Å². The first-order valence-corrected chi connectivity index (χ1v) is 6.15. The molecule has 0 bridgehead atoms. The molecule has 1 aliphatic rings. The molecule has 1 aliphatic heterocycles. The van der Waals surface area contributed by atoms with Gasteiger partial charge in [-0.2, -0.15) is 0 Å². The maximum Gasteiger partial charge on any atom is 0.0725 e. The van der Waals surface area contributed by atoms with Crippen LogP contribution in [0, 0.1) is 0 Å². The van der Waals surface area contributed by atoms with Crippen LogP contribution in [0.2, 0.25) is 0 Å². The molecule has 92 valence electrons.